The van der Waals surface area contributed by atoms with Crippen LogP contribution in [0.4, 0.5) is 0 Å². The fraction of sp³-hybridized carbons (Fsp3) is 0.544. The van der Waals surface area contributed by atoms with E-state index in [2.05, 4.69) is 59.2 Å². The second kappa shape index (κ2) is 21.8. The highest BCUT2D eigenvalue weighted by atomic mass is 16.5. The number of phenols is 1. The number of ether oxygens (including phenoxy) is 2. The number of hydrogen-bond acceptors (Lipinski definition) is 11. The van der Waals surface area contributed by atoms with Crippen molar-refractivity contribution in [3.63, 3.8) is 0 Å². The summed E-state index contributed by atoms with van der Waals surface area (Å²) in [5, 5.41) is 16.9. The van der Waals surface area contributed by atoms with Crippen LogP contribution in [-0.4, -0.2) is 143 Å². The molecule has 2 fully saturated rings. The average Bonchev–Trinajstić information content (AvgIpc) is 3.95. The van der Waals surface area contributed by atoms with E-state index in [0.717, 1.165) is 57.5 Å². The summed E-state index contributed by atoms with van der Waals surface area (Å²) in [6.07, 6.45) is 6.17. The second-order valence-electron chi connectivity index (χ2n) is 22.3. The summed E-state index contributed by atoms with van der Waals surface area (Å²) in [6.45, 7) is 16.2. The smallest absolute Gasteiger partial charge is 0.324 e. The van der Waals surface area contributed by atoms with E-state index >= 15 is 4.79 Å². The second-order valence-corrected chi connectivity index (χ2v) is 22.3. The minimum Gasteiger partial charge on any atom is -0.508 e. The van der Waals surface area contributed by atoms with Gasteiger partial charge in [-0.05, 0) is 132 Å². The summed E-state index contributed by atoms with van der Waals surface area (Å²) in [6, 6.07) is 12.2. The standard InChI is InChI=1S/C57H76N8O8/c1-12-64-48-18-16-38-28-44(48)45(51(64)43-14-13-20-58-49(43)35(5)72-11)29-57(6,7)32-73-56(71)46-17-15-34(4)65(60-46)55(70)47(26-36-22-40(38)27-42(66)25-36)59-52(67)50(33(2)3)62(10)53(68)39-19-21-63(31-39)54(69)41-23-37(24-41)30-61(8)9/h13-14,16,18,20,22-23,25,27-28,33-35,39,41,46-47,50,60,66H,12,15,17,19,21,24,26,29-32H2,1-11H3,(H,59,67)/t34?,35-,39-,41?,46-,47-,50-/m0/s1. The van der Waals surface area contributed by atoms with Crippen molar-refractivity contribution in [2.45, 2.75) is 124 Å². The summed E-state index contributed by atoms with van der Waals surface area (Å²) in [5.41, 5.74) is 10.8. The normalized spacial score (nSPS) is 23.1. The first-order valence-corrected chi connectivity index (χ1v) is 26.1. The number of hydrogen-bond donors (Lipinski definition) is 3. The predicted octanol–water partition coefficient (Wildman–Crippen LogP) is 6.68. The Morgan fingerprint density at radius 3 is 2.47 bits per heavy atom. The van der Waals surface area contributed by atoms with Crippen molar-refractivity contribution in [2.75, 3.05) is 54.5 Å². The van der Waals surface area contributed by atoms with E-state index in [0.29, 0.717) is 44.3 Å². The van der Waals surface area contributed by atoms with Crippen LogP contribution < -0.4 is 10.7 Å². The fourth-order valence-corrected chi connectivity index (χ4v) is 11.5. The molecule has 3 aliphatic heterocycles. The summed E-state index contributed by atoms with van der Waals surface area (Å²) < 4.78 is 14.3. The number of phenolic OH excluding ortho intramolecular Hbond substituents is 1. The molecule has 16 nitrogen and oxygen atoms in total. The van der Waals surface area contributed by atoms with Crippen LogP contribution in [0.3, 0.4) is 0 Å². The minimum absolute atomic E-state index is 0.00894. The summed E-state index contributed by atoms with van der Waals surface area (Å²) >= 11 is 0. The van der Waals surface area contributed by atoms with Crippen LogP contribution in [0.1, 0.15) is 97.1 Å². The van der Waals surface area contributed by atoms with E-state index in [1.807, 2.05) is 66.1 Å². The summed E-state index contributed by atoms with van der Waals surface area (Å²) in [7, 11) is 7.30. The lowest BCUT2D eigenvalue weighted by molar-refractivity contribution is -0.157. The van der Waals surface area contributed by atoms with Gasteiger partial charge in [0.05, 0.1) is 35.9 Å². The Labute approximate surface area is 430 Å². The first kappa shape index (κ1) is 53.2. The van der Waals surface area contributed by atoms with Gasteiger partial charge in [-0.3, -0.25) is 34.0 Å². The number of nitrogens with zero attached hydrogens (tertiary/aromatic N) is 6. The number of likely N-dealkylation sites (tertiary alicyclic amines) is 1. The molecule has 4 amide bonds. The first-order chi connectivity index (χ1) is 34.7. The molecule has 6 bridgehead atoms. The van der Waals surface area contributed by atoms with Gasteiger partial charge in [-0.15, -0.1) is 0 Å². The Hall–Kier alpha value is -6.10. The molecule has 4 aliphatic rings. The van der Waals surface area contributed by atoms with Gasteiger partial charge in [-0.2, -0.15) is 0 Å². The molecule has 392 valence electrons. The summed E-state index contributed by atoms with van der Waals surface area (Å²) in [4.78, 5) is 81.8. The molecular weight excluding hydrogens is 925 g/mol. The molecule has 8 rings (SSSR count). The molecule has 2 saturated heterocycles. The van der Waals surface area contributed by atoms with Gasteiger partial charge in [0.15, 0.2) is 0 Å². The molecule has 4 aromatic rings. The van der Waals surface area contributed by atoms with Crippen molar-refractivity contribution in [3.8, 4) is 28.1 Å². The molecule has 0 saturated carbocycles. The van der Waals surface area contributed by atoms with Crippen molar-refractivity contribution in [2.24, 2.45) is 23.2 Å². The monoisotopic (exact) mass is 1000 g/mol. The van der Waals surface area contributed by atoms with Gasteiger partial charge in [0.1, 0.15) is 23.9 Å². The van der Waals surface area contributed by atoms with Crippen LogP contribution in [-0.2, 0) is 52.8 Å². The lowest BCUT2D eigenvalue weighted by Gasteiger charge is -2.40. The lowest BCUT2D eigenvalue weighted by Crippen LogP contribution is -2.64. The Balaban J connectivity index is 1.14. The average molecular weight is 1000 g/mol. The number of nitrogens with one attached hydrogen (secondary N) is 2. The molecular formula is C57H76N8O8. The third-order valence-electron chi connectivity index (χ3n) is 15.3. The number of fused-ring (bicyclic) bond motifs is 6. The fourth-order valence-electron chi connectivity index (χ4n) is 11.5. The van der Waals surface area contributed by atoms with Crippen LogP contribution >= 0.6 is 0 Å². The number of amides is 4. The van der Waals surface area contributed by atoms with Crippen LogP contribution in [0.25, 0.3) is 33.3 Å². The topological polar surface area (TPSA) is 179 Å². The molecule has 16 heteroatoms. The van der Waals surface area contributed by atoms with Crippen molar-refractivity contribution < 1.29 is 38.6 Å². The van der Waals surface area contributed by atoms with Crippen molar-refractivity contribution in [3.05, 3.63) is 83.2 Å². The SMILES string of the molecule is CCn1c(-c2cccnc2[C@H](C)OC)c2c3cc(ccc31)-c1cc(O)cc(c1)C[C@H](NC(=O)[C@H](C(C)C)N(C)C(=O)[C@H]1CCN(C(=O)C3C=C(CN(C)C)C3)C1)C(=O)N1N[C@@H](CCC1C)C(=O)OCC(C)(C)C2. The third kappa shape index (κ3) is 11.2. The van der Waals surface area contributed by atoms with Crippen LogP contribution in [0.15, 0.2) is 66.4 Å². The Bertz CT molecular complexity index is 2780. The molecule has 2 aromatic carbocycles. The predicted molar refractivity (Wildman–Crippen MR) is 281 cm³/mol. The zero-order chi connectivity index (χ0) is 52.6. The van der Waals surface area contributed by atoms with Crippen molar-refractivity contribution in [1.29, 1.82) is 0 Å². The van der Waals surface area contributed by atoms with Crippen LogP contribution in [0.5, 0.6) is 5.75 Å². The highest BCUT2D eigenvalue weighted by molar-refractivity contribution is 5.96. The van der Waals surface area contributed by atoms with Gasteiger partial charge in [0, 0.05) is 80.9 Å². The highest BCUT2D eigenvalue weighted by Crippen LogP contribution is 2.42. The lowest BCUT2D eigenvalue weighted by atomic mass is 9.84. The number of carbonyl (C=O) groups excluding carboxylic acids is 5. The van der Waals surface area contributed by atoms with E-state index in [-0.39, 0.29) is 61.1 Å². The number of likely N-dealkylation sites (N-methyl/N-ethyl adjacent to an activating group) is 2. The van der Waals surface area contributed by atoms with E-state index in [1.165, 1.54) is 15.5 Å². The summed E-state index contributed by atoms with van der Waals surface area (Å²) in [5.74, 6) is -2.70. The number of aromatic nitrogens is 2. The van der Waals surface area contributed by atoms with E-state index in [9.17, 15) is 24.3 Å². The number of cyclic esters (lactones) is 1. The molecule has 0 spiro atoms. The number of carbonyl (C=O) groups is 5. The van der Waals surface area contributed by atoms with Crippen LogP contribution in [0, 0.1) is 23.2 Å². The first-order valence-electron chi connectivity index (χ1n) is 26.1. The molecule has 0 radical (unpaired) electrons. The molecule has 7 atom stereocenters. The van der Waals surface area contributed by atoms with Crippen molar-refractivity contribution >= 4 is 40.5 Å². The number of pyridine rings is 1. The maximum Gasteiger partial charge on any atom is 0.324 e. The molecule has 2 unspecified atom stereocenters. The third-order valence-corrected chi connectivity index (χ3v) is 15.3. The minimum atomic E-state index is -1.18. The molecule has 3 N–H and O–H groups in total. The number of methoxy groups -OCH3 is 1. The molecule has 2 aromatic heterocycles. The number of rotatable bonds is 12. The van der Waals surface area contributed by atoms with Crippen molar-refractivity contribution in [1.82, 2.24) is 40.0 Å². The molecule has 1 aliphatic carbocycles. The Morgan fingerprint density at radius 1 is 1.01 bits per heavy atom. The number of benzene rings is 2. The highest BCUT2D eigenvalue weighted by Gasteiger charge is 2.42. The zero-order valence-electron chi connectivity index (χ0n) is 44.7. The Morgan fingerprint density at radius 2 is 1.77 bits per heavy atom. The van der Waals surface area contributed by atoms with Crippen LogP contribution in [0.2, 0.25) is 0 Å². The van der Waals surface area contributed by atoms with Gasteiger partial charge in [0.2, 0.25) is 17.7 Å². The van der Waals surface area contributed by atoms with Gasteiger partial charge >= 0.3 is 5.97 Å². The zero-order valence-corrected chi connectivity index (χ0v) is 44.7. The molecule has 5 heterocycles. The number of hydrazine groups is 1. The number of esters is 1. The maximum atomic E-state index is 15.1. The van der Waals surface area contributed by atoms with E-state index in [4.69, 9.17) is 14.5 Å². The van der Waals surface area contributed by atoms with Gasteiger partial charge in [-0.1, -0.05) is 51.5 Å². The molecule has 73 heavy (non-hydrogen) atoms. The van der Waals surface area contributed by atoms with Gasteiger partial charge in [0.25, 0.3) is 5.91 Å². The number of aromatic hydroxyl groups is 1. The maximum absolute atomic E-state index is 15.1. The quantitative estimate of drug-likeness (QED) is 0.102. The number of aryl methyl sites for hydroxylation is 1. The Kier molecular flexibility index (Phi) is 15.9. The van der Waals surface area contributed by atoms with Gasteiger partial charge in [-0.25, -0.2) is 5.43 Å². The van der Waals surface area contributed by atoms with E-state index < -0.39 is 47.2 Å². The van der Waals surface area contributed by atoms with E-state index in [1.54, 1.807) is 37.4 Å². The largest absolute Gasteiger partial charge is 0.508 e. The van der Waals surface area contributed by atoms with Gasteiger partial charge < -0.3 is 39.2 Å².